The third-order valence-corrected chi connectivity index (χ3v) is 3.67. The topological polar surface area (TPSA) is 23.5 Å². The summed E-state index contributed by atoms with van der Waals surface area (Å²) < 4.78 is 0. The van der Waals surface area contributed by atoms with Gasteiger partial charge in [-0.1, -0.05) is 38.1 Å². The van der Waals surface area contributed by atoms with Crippen molar-refractivity contribution >= 4 is 0 Å². The van der Waals surface area contributed by atoms with Gasteiger partial charge in [-0.3, -0.25) is 0 Å². The highest BCUT2D eigenvalue weighted by molar-refractivity contribution is 5.27. The number of benzene rings is 1. The van der Waals surface area contributed by atoms with Crippen molar-refractivity contribution in [1.82, 2.24) is 4.90 Å². The smallest absolute Gasteiger partial charge is 0.0919 e. The summed E-state index contributed by atoms with van der Waals surface area (Å²) in [4.78, 5) is 2.22. The molecule has 0 fully saturated rings. The second-order valence-electron chi connectivity index (χ2n) is 5.30. The molecule has 1 N–H and O–H groups in total. The SMILES string of the molecule is Cc1ccccc1C(O)CN(C)C(C)C(C)C. The molecule has 0 amide bonds. The van der Waals surface area contributed by atoms with Gasteiger partial charge in [-0.25, -0.2) is 0 Å². The van der Waals surface area contributed by atoms with E-state index in [1.165, 1.54) is 0 Å². The lowest BCUT2D eigenvalue weighted by Gasteiger charge is -2.30. The van der Waals surface area contributed by atoms with E-state index in [1.54, 1.807) is 0 Å². The second kappa shape index (κ2) is 6.18. The molecule has 0 radical (unpaired) electrons. The molecule has 0 spiro atoms. The average molecular weight is 235 g/mol. The van der Waals surface area contributed by atoms with Crippen LogP contribution in [0.25, 0.3) is 0 Å². The van der Waals surface area contributed by atoms with Crippen LogP contribution in [0.15, 0.2) is 24.3 Å². The molecular formula is C15H25NO. The second-order valence-corrected chi connectivity index (χ2v) is 5.30. The van der Waals surface area contributed by atoms with Crippen LogP contribution in [-0.2, 0) is 0 Å². The summed E-state index contributed by atoms with van der Waals surface area (Å²) in [5.41, 5.74) is 2.20. The van der Waals surface area contributed by atoms with Crippen LogP contribution in [0.2, 0.25) is 0 Å². The van der Waals surface area contributed by atoms with E-state index in [9.17, 15) is 5.11 Å². The Morgan fingerprint density at radius 2 is 1.76 bits per heavy atom. The average Bonchev–Trinajstić information content (AvgIpc) is 2.28. The molecule has 0 saturated heterocycles. The van der Waals surface area contributed by atoms with Crippen molar-refractivity contribution in [3.63, 3.8) is 0 Å². The zero-order valence-corrected chi connectivity index (χ0v) is 11.6. The monoisotopic (exact) mass is 235 g/mol. The fourth-order valence-electron chi connectivity index (χ4n) is 2.01. The molecule has 1 aromatic carbocycles. The Morgan fingerprint density at radius 1 is 1.18 bits per heavy atom. The third-order valence-electron chi connectivity index (χ3n) is 3.67. The van der Waals surface area contributed by atoms with Crippen LogP contribution in [-0.4, -0.2) is 29.6 Å². The number of hydrogen-bond donors (Lipinski definition) is 1. The molecule has 2 unspecified atom stereocenters. The summed E-state index contributed by atoms with van der Waals surface area (Å²) in [6.45, 7) is 9.35. The Bertz CT molecular complexity index is 349. The molecule has 1 aromatic rings. The van der Waals surface area contributed by atoms with Crippen LogP contribution in [0.5, 0.6) is 0 Å². The Balaban J connectivity index is 2.67. The van der Waals surface area contributed by atoms with Crippen molar-refractivity contribution in [2.45, 2.75) is 39.8 Å². The highest BCUT2D eigenvalue weighted by atomic mass is 16.3. The highest BCUT2D eigenvalue weighted by Crippen LogP contribution is 2.19. The van der Waals surface area contributed by atoms with E-state index < -0.39 is 6.10 Å². The molecule has 2 atom stereocenters. The van der Waals surface area contributed by atoms with Crippen molar-refractivity contribution in [1.29, 1.82) is 0 Å². The fraction of sp³-hybridized carbons (Fsp3) is 0.600. The number of aliphatic hydroxyl groups is 1. The normalized spacial score (nSPS) is 15.3. The molecule has 0 aliphatic carbocycles. The van der Waals surface area contributed by atoms with Crippen LogP contribution >= 0.6 is 0 Å². The van der Waals surface area contributed by atoms with Crippen molar-refractivity contribution in [2.24, 2.45) is 5.92 Å². The lowest BCUT2D eigenvalue weighted by molar-refractivity contribution is 0.0951. The molecule has 0 saturated carbocycles. The molecule has 0 aliphatic rings. The van der Waals surface area contributed by atoms with Crippen molar-refractivity contribution in [2.75, 3.05) is 13.6 Å². The molecular weight excluding hydrogens is 210 g/mol. The van der Waals surface area contributed by atoms with E-state index in [2.05, 4.69) is 32.7 Å². The van der Waals surface area contributed by atoms with Gasteiger partial charge in [0.05, 0.1) is 6.10 Å². The predicted molar refractivity (Wildman–Crippen MR) is 73.1 cm³/mol. The van der Waals surface area contributed by atoms with Gasteiger partial charge in [-0.2, -0.15) is 0 Å². The summed E-state index contributed by atoms with van der Waals surface area (Å²) in [7, 11) is 2.08. The lowest BCUT2D eigenvalue weighted by atomic mass is 10.0. The summed E-state index contributed by atoms with van der Waals surface area (Å²) in [6.07, 6.45) is -0.401. The molecule has 0 aliphatic heterocycles. The molecule has 0 bridgehead atoms. The van der Waals surface area contributed by atoms with Crippen LogP contribution in [0.4, 0.5) is 0 Å². The van der Waals surface area contributed by atoms with Crippen LogP contribution in [0.1, 0.15) is 38.0 Å². The van der Waals surface area contributed by atoms with E-state index in [0.29, 0.717) is 18.5 Å². The zero-order valence-electron chi connectivity index (χ0n) is 11.6. The molecule has 2 heteroatoms. The third kappa shape index (κ3) is 3.83. The fourth-order valence-corrected chi connectivity index (χ4v) is 2.01. The van der Waals surface area contributed by atoms with Gasteiger partial charge in [0.2, 0.25) is 0 Å². The molecule has 0 heterocycles. The van der Waals surface area contributed by atoms with Gasteiger partial charge in [0.15, 0.2) is 0 Å². The molecule has 1 rings (SSSR count). The molecule has 96 valence electrons. The van der Waals surface area contributed by atoms with Gasteiger partial charge in [0.1, 0.15) is 0 Å². The number of likely N-dealkylation sites (N-methyl/N-ethyl adjacent to an activating group) is 1. The number of nitrogens with zero attached hydrogens (tertiary/aromatic N) is 1. The van der Waals surface area contributed by atoms with E-state index in [-0.39, 0.29) is 0 Å². The minimum absolute atomic E-state index is 0.401. The van der Waals surface area contributed by atoms with E-state index in [4.69, 9.17) is 0 Å². The summed E-state index contributed by atoms with van der Waals surface area (Å²) >= 11 is 0. The maximum absolute atomic E-state index is 10.3. The summed E-state index contributed by atoms with van der Waals surface area (Å²) in [5, 5.41) is 10.3. The van der Waals surface area contributed by atoms with Crippen molar-refractivity contribution in [3.05, 3.63) is 35.4 Å². The van der Waals surface area contributed by atoms with Crippen molar-refractivity contribution in [3.8, 4) is 0 Å². The zero-order chi connectivity index (χ0) is 13.0. The minimum atomic E-state index is -0.401. The first-order chi connectivity index (χ1) is 7.93. The van der Waals surface area contributed by atoms with Crippen molar-refractivity contribution < 1.29 is 5.11 Å². The lowest BCUT2D eigenvalue weighted by Crippen LogP contribution is -2.36. The Morgan fingerprint density at radius 3 is 2.29 bits per heavy atom. The molecule has 0 aromatic heterocycles. The quantitative estimate of drug-likeness (QED) is 0.848. The van der Waals surface area contributed by atoms with Crippen LogP contribution < -0.4 is 0 Å². The predicted octanol–water partition coefficient (Wildman–Crippen LogP) is 3.00. The van der Waals surface area contributed by atoms with Crippen LogP contribution in [0, 0.1) is 12.8 Å². The van der Waals surface area contributed by atoms with E-state index >= 15 is 0 Å². The number of aryl methyl sites for hydroxylation is 1. The standard InChI is InChI=1S/C15H25NO/c1-11(2)13(4)16(5)10-15(17)14-9-7-6-8-12(14)3/h6-9,11,13,15,17H,10H2,1-5H3. The van der Waals surface area contributed by atoms with Gasteiger partial charge in [-0.05, 0) is 37.9 Å². The van der Waals surface area contributed by atoms with Gasteiger partial charge < -0.3 is 10.0 Å². The first kappa shape index (κ1) is 14.2. The maximum atomic E-state index is 10.3. The largest absolute Gasteiger partial charge is 0.387 e. The Kier molecular flexibility index (Phi) is 5.16. The van der Waals surface area contributed by atoms with Gasteiger partial charge in [0, 0.05) is 12.6 Å². The molecule has 2 nitrogen and oxygen atoms in total. The first-order valence-electron chi connectivity index (χ1n) is 6.37. The Labute approximate surface area is 105 Å². The van der Waals surface area contributed by atoms with Crippen LogP contribution in [0.3, 0.4) is 0 Å². The van der Waals surface area contributed by atoms with E-state index in [0.717, 1.165) is 11.1 Å². The number of rotatable bonds is 5. The molecule has 17 heavy (non-hydrogen) atoms. The van der Waals surface area contributed by atoms with E-state index in [1.807, 2.05) is 31.2 Å². The Hall–Kier alpha value is -0.860. The minimum Gasteiger partial charge on any atom is -0.387 e. The number of hydrogen-bond acceptors (Lipinski definition) is 2. The first-order valence-corrected chi connectivity index (χ1v) is 6.37. The van der Waals surface area contributed by atoms with Gasteiger partial charge in [-0.15, -0.1) is 0 Å². The summed E-state index contributed by atoms with van der Waals surface area (Å²) in [5.74, 6) is 0.601. The maximum Gasteiger partial charge on any atom is 0.0919 e. The highest BCUT2D eigenvalue weighted by Gasteiger charge is 2.18. The van der Waals surface area contributed by atoms with Gasteiger partial charge >= 0.3 is 0 Å². The summed E-state index contributed by atoms with van der Waals surface area (Å²) in [6, 6.07) is 8.52. The van der Waals surface area contributed by atoms with Gasteiger partial charge in [0.25, 0.3) is 0 Å². The number of aliphatic hydroxyl groups excluding tert-OH is 1.